The monoisotopic (exact) mass is 336 g/mol. The smallest absolute Gasteiger partial charge is 0.376 e. The first-order valence-electron chi connectivity index (χ1n) is 5.46. The van der Waals surface area contributed by atoms with Gasteiger partial charge in [-0.25, -0.2) is 8.78 Å². The highest BCUT2D eigenvalue weighted by Gasteiger charge is 2.48. The highest BCUT2D eigenvalue weighted by Crippen LogP contribution is 2.30. The predicted octanol–water partition coefficient (Wildman–Crippen LogP) is 3.33. The van der Waals surface area contributed by atoms with Gasteiger partial charge in [-0.1, -0.05) is 5.92 Å². The summed E-state index contributed by atoms with van der Waals surface area (Å²) in [5, 5.41) is -0.394. The Morgan fingerprint density at radius 3 is 2.32 bits per heavy atom. The molecule has 22 heavy (non-hydrogen) atoms. The summed E-state index contributed by atoms with van der Waals surface area (Å²) in [7, 11) is -5.87. The fourth-order valence-corrected chi connectivity index (χ4v) is 2.12. The molecule has 0 fully saturated rings. The van der Waals surface area contributed by atoms with Gasteiger partial charge >= 0.3 is 15.6 Å². The number of hydrogen-bond acceptors (Lipinski definition) is 3. The summed E-state index contributed by atoms with van der Waals surface area (Å²) >= 11 is 0. The van der Waals surface area contributed by atoms with Crippen LogP contribution in [0.4, 0.5) is 22.0 Å². The Bertz CT molecular complexity index is 895. The second-order valence-electron chi connectivity index (χ2n) is 4.06. The van der Waals surface area contributed by atoms with Crippen molar-refractivity contribution >= 4 is 20.9 Å². The molecule has 0 radical (unpaired) electrons. The van der Waals surface area contributed by atoms with Crippen LogP contribution in [0.1, 0.15) is 5.56 Å². The van der Waals surface area contributed by atoms with E-state index in [4.69, 9.17) is 6.42 Å². The summed E-state index contributed by atoms with van der Waals surface area (Å²) in [6.07, 6.45) is 4.94. The van der Waals surface area contributed by atoms with Crippen molar-refractivity contribution in [1.82, 2.24) is 0 Å². The van der Waals surface area contributed by atoms with Gasteiger partial charge in [0.1, 0.15) is 17.4 Å². The van der Waals surface area contributed by atoms with Crippen LogP contribution in [0.15, 0.2) is 24.3 Å². The van der Waals surface area contributed by atoms with Crippen molar-refractivity contribution in [3.63, 3.8) is 0 Å². The van der Waals surface area contributed by atoms with Crippen molar-refractivity contribution in [1.29, 1.82) is 0 Å². The summed E-state index contributed by atoms with van der Waals surface area (Å²) in [5.41, 5.74) is -6.25. The number of rotatable bonds is 2. The molecule has 0 spiro atoms. The van der Waals surface area contributed by atoms with E-state index in [1.54, 1.807) is 5.92 Å². The molecular formula is C13H5F5O3S. The van der Waals surface area contributed by atoms with Crippen LogP contribution < -0.4 is 4.18 Å². The maximum atomic E-state index is 13.9. The summed E-state index contributed by atoms with van der Waals surface area (Å²) < 4.78 is 89.6. The zero-order chi connectivity index (χ0) is 16.7. The molecule has 116 valence electrons. The maximum absolute atomic E-state index is 13.9. The van der Waals surface area contributed by atoms with Crippen molar-refractivity contribution < 1.29 is 34.6 Å². The molecule has 0 aliphatic carbocycles. The van der Waals surface area contributed by atoms with Gasteiger partial charge in [0.15, 0.2) is 0 Å². The first-order chi connectivity index (χ1) is 10.1. The van der Waals surface area contributed by atoms with Crippen LogP contribution in [0.25, 0.3) is 10.8 Å². The minimum Gasteiger partial charge on any atom is -0.376 e. The topological polar surface area (TPSA) is 43.4 Å². The number of halogens is 5. The van der Waals surface area contributed by atoms with Gasteiger partial charge in [-0.2, -0.15) is 21.6 Å². The lowest BCUT2D eigenvalue weighted by molar-refractivity contribution is -0.0500. The molecule has 3 nitrogen and oxygen atoms in total. The fourth-order valence-electron chi connectivity index (χ4n) is 1.67. The summed E-state index contributed by atoms with van der Waals surface area (Å²) in [4.78, 5) is 0. The number of fused-ring (bicyclic) bond motifs is 1. The van der Waals surface area contributed by atoms with E-state index in [1.807, 2.05) is 0 Å². The van der Waals surface area contributed by atoms with E-state index >= 15 is 0 Å². The summed E-state index contributed by atoms with van der Waals surface area (Å²) in [5.74, 6) is -1.13. The van der Waals surface area contributed by atoms with Crippen molar-refractivity contribution in [3.05, 3.63) is 41.5 Å². The molecule has 2 rings (SSSR count). The van der Waals surface area contributed by atoms with Crippen LogP contribution in [0, 0.1) is 24.0 Å². The minimum absolute atomic E-state index is 0.189. The highest BCUT2D eigenvalue weighted by molar-refractivity contribution is 7.88. The van der Waals surface area contributed by atoms with E-state index in [9.17, 15) is 30.4 Å². The number of terminal acetylenes is 1. The third-order valence-corrected chi connectivity index (χ3v) is 3.61. The van der Waals surface area contributed by atoms with E-state index < -0.39 is 38.6 Å². The first kappa shape index (κ1) is 16.0. The molecule has 0 saturated carbocycles. The molecule has 2 aromatic carbocycles. The van der Waals surface area contributed by atoms with Crippen LogP contribution in [-0.4, -0.2) is 13.9 Å². The normalized spacial score (nSPS) is 12.2. The van der Waals surface area contributed by atoms with Crippen LogP contribution in [0.2, 0.25) is 0 Å². The van der Waals surface area contributed by atoms with E-state index in [2.05, 4.69) is 4.18 Å². The van der Waals surface area contributed by atoms with E-state index in [-0.39, 0.29) is 10.8 Å². The van der Waals surface area contributed by atoms with Crippen LogP contribution in [0.5, 0.6) is 5.75 Å². The van der Waals surface area contributed by atoms with Gasteiger partial charge in [-0.15, -0.1) is 6.42 Å². The Balaban J connectivity index is 2.56. The molecule has 0 unspecified atom stereocenters. The third-order valence-electron chi connectivity index (χ3n) is 2.63. The molecule has 0 saturated heterocycles. The molecule has 0 aromatic heterocycles. The van der Waals surface area contributed by atoms with E-state index in [0.29, 0.717) is 0 Å². The fraction of sp³-hybridized carbons (Fsp3) is 0.0769. The molecule has 0 atom stereocenters. The van der Waals surface area contributed by atoms with Crippen molar-refractivity contribution in [3.8, 4) is 18.1 Å². The van der Waals surface area contributed by atoms with Crippen LogP contribution >= 0.6 is 0 Å². The largest absolute Gasteiger partial charge is 0.534 e. The summed E-state index contributed by atoms with van der Waals surface area (Å²) in [6.45, 7) is 0. The molecule has 9 heteroatoms. The van der Waals surface area contributed by atoms with Gasteiger partial charge in [0.25, 0.3) is 0 Å². The molecule has 0 aliphatic heterocycles. The zero-order valence-electron chi connectivity index (χ0n) is 10.4. The first-order valence-corrected chi connectivity index (χ1v) is 6.87. The highest BCUT2D eigenvalue weighted by atomic mass is 32.2. The second-order valence-corrected chi connectivity index (χ2v) is 5.60. The molecule has 0 amide bonds. The molecule has 0 N–H and O–H groups in total. The maximum Gasteiger partial charge on any atom is 0.534 e. The number of alkyl halides is 3. The molecule has 0 bridgehead atoms. The quantitative estimate of drug-likeness (QED) is 0.366. The lowest BCUT2D eigenvalue weighted by Gasteiger charge is -2.10. The number of hydrogen-bond donors (Lipinski definition) is 0. The Morgan fingerprint density at radius 1 is 1.14 bits per heavy atom. The van der Waals surface area contributed by atoms with Gasteiger partial charge in [-0.05, 0) is 29.7 Å². The molecule has 2 aromatic rings. The molecule has 0 heterocycles. The van der Waals surface area contributed by atoms with Gasteiger partial charge < -0.3 is 4.18 Å². The predicted molar refractivity (Wildman–Crippen MR) is 67.4 cm³/mol. The Morgan fingerprint density at radius 2 is 1.77 bits per heavy atom. The zero-order valence-corrected chi connectivity index (χ0v) is 11.2. The van der Waals surface area contributed by atoms with Gasteiger partial charge in [-0.3, -0.25) is 0 Å². The van der Waals surface area contributed by atoms with E-state index in [0.717, 1.165) is 24.3 Å². The Kier molecular flexibility index (Phi) is 3.74. The third kappa shape index (κ3) is 2.69. The van der Waals surface area contributed by atoms with Gasteiger partial charge in [0, 0.05) is 5.39 Å². The average molecular weight is 336 g/mol. The van der Waals surface area contributed by atoms with Gasteiger partial charge in [0.2, 0.25) is 0 Å². The van der Waals surface area contributed by atoms with Crippen molar-refractivity contribution in [2.45, 2.75) is 5.51 Å². The number of benzene rings is 2. The lowest BCUT2D eigenvalue weighted by Crippen LogP contribution is -2.28. The summed E-state index contributed by atoms with van der Waals surface area (Å²) in [6, 6.07) is 3.25. The minimum atomic E-state index is -5.87. The molecular weight excluding hydrogens is 331 g/mol. The molecule has 0 aliphatic rings. The second kappa shape index (κ2) is 5.14. The Hall–Kier alpha value is -2.34. The van der Waals surface area contributed by atoms with Crippen molar-refractivity contribution in [2.24, 2.45) is 0 Å². The SMILES string of the molecule is C#Cc1c(F)cc2cc(OS(=O)(=O)C(F)(F)F)ccc2c1F. The van der Waals surface area contributed by atoms with Crippen molar-refractivity contribution in [2.75, 3.05) is 0 Å². The lowest BCUT2D eigenvalue weighted by atomic mass is 10.1. The Labute approximate surface area is 121 Å². The standard InChI is InChI=1S/C13H5F5O3S/c1-2-9-11(14)6-7-5-8(3-4-10(7)12(9)15)21-22(19,20)13(16,17)18/h1,3-6H. The van der Waals surface area contributed by atoms with Crippen LogP contribution in [-0.2, 0) is 10.1 Å². The van der Waals surface area contributed by atoms with E-state index in [1.165, 1.54) is 0 Å². The van der Waals surface area contributed by atoms with Crippen LogP contribution in [0.3, 0.4) is 0 Å². The van der Waals surface area contributed by atoms with Gasteiger partial charge in [0.05, 0.1) is 5.56 Å². The average Bonchev–Trinajstić information content (AvgIpc) is 2.36.